The molecular weight excluding hydrogens is 293 g/mol. The van der Waals surface area contributed by atoms with Crippen molar-refractivity contribution in [3.05, 3.63) is 40.4 Å². The SMILES string of the molecule is N#Cc1cccc(C(=O)O)c1-c1nc(C(F)(F)F)cs1. The highest BCUT2D eigenvalue weighted by Gasteiger charge is 2.34. The Morgan fingerprint density at radius 1 is 1.40 bits per heavy atom. The maximum Gasteiger partial charge on any atom is 0.434 e. The van der Waals surface area contributed by atoms with Crippen LogP contribution in [0.3, 0.4) is 0 Å². The van der Waals surface area contributed by atoms with Gasteiger partial charge in [-0.3, -0.25) is 0 Å². The van der Waals surface area contributed by atoms with Crippen LogP contribution < -0.4 is 0 Å². The zero-order valence-corrected chi connectivity index (χ0v) is 10.4. The highest BCUT2D eigenvalue weighted by atomic mass is 32.1. The van der Waals surface area contributed by atoms with Gasteiger partial charge in [0.25, 0.3) is 0 Å². The number of halogens is 3. The third kappa shape index (κ3) is 2.48. The molecule has 0 aliphatic heterocycles. The number of hydrogen-bond acceptors (Lipinski definition) is 4. The predicted molar refractivity (Wildman–Crippen MR) is 64.2 cm³/mol. The molecule has 1 aromatic heterocycles. The van der Waals surface area contributed by atoms with Gasteiger partial charge in [0.2, 0.25) is 0 Å². The fraction of sp³-hybridized carbons (Fsp3) is 0.0833. The first-order valence-corrected chi connectivity index (χ1v) is 6.02. The summed E-state index contributed by atoms with van der Waals surface area (Å²) in [5.41, 5.74) is -1.50. The molecule has 0 amide bonds. The van der Waals surface area contributed by atoms with Crippen molar-refractivity contribution in [2.45, 2.75) is 6.18 Å². The quantitative estimate of drug-likeness (QED) is 0.922. The normalized spacial score (nSPS) is 11.1. The number of nitrogens with zero attached hydrogens (tertiary/aromatic N) is 2. The van der Waals surface area contributed by atoms with Crippen molar-refractivity contribution in [1.29, 1.82) is 5.26 Å². The molecule has 1 heterocycles. The minimum atomic E-state index is -4.61. The first kappa shape index (κ1) is 14.0. The molecule has 0 saturated carbocycles. The minimum Gasteiger partial charge on any atom is -0.478 e. The second-order valence-corrected chi connectivity index (χ2v) is 4.54. The van der Waals surface area contributed by atoms with Gasteiger partial charge < -0.3 is 5.11 Å². The molecule has 0 aliphatic carbocycles. The van der Waals surface area contributed by atoms with Crippen LogP contribution in [0.4, 0.5) is 13.2 Å². The summed E-state index contributed by atoms with van der Waals surface area (Å²) >= 11 is 0.645. The fourth-order valence-corrected chi connectivity index (χ4v) is 2.47. The Bertz CT molecular complexity index is 716. The lowest BCUT2D eigenvalue weighted by atomic mass is 10.0. The minimum absolute atomic E-state index is 0.0343. The maximum absolute atomic E-state index is 12.5. The number of nitriles is 1. The molecule has 0 unspecified atom stereocenters. The van der Waals surface area contributed by atoms with Crippen LogP contribution in [-0.2, 0) is 6.18 Å². The monoisotopic (exact) mass is 298 g/mol. The van der Waals surface area contributed by atoms with Gasteiger partial charge in [-0.25, -0.2) is 9.78 Å². The smallest absolute Gasteiger partial charge is 0.434 e. The molecule has 20 heavy (non-hydrogen) atoms. The molecule has 1 aromatic carbocycles. The Morgan fingerprint density at radius 3 is 2.60 bits per heavy atom. The molecule has 1 N–H and O–H groups in total. The topological polar surface area (TPSA) is 74.0 Å². The molecule has 2 aromatic rings. The van der Waals surface area contributed by atoms with Gasteiger partial charge in [0, 0.05) is 10.9 Å². The van der Waals surface area contributed by atoms with Crippen LogP contribution in [0.5, 0.6) is 0 Å². The first-order valence-electron chi connectivity index (χ1n) is 5.14. The van der Waals surface area contributed by atoms with Gasteiger partial charge >= 0.3 is 12.1 Å². The van der Waals surface area contributed by atoms with Crippen molar-refractivity contribution in [3.8, 4) is 16.6 Å². The highest BCUT2D eigenvalue weighted by Crippen LogP contribution is 2.36. The molecule has 0 atom stereocenters. The Labute approximate surface area is 114 Å². The standard InChI is InChI=1S/C12H5F3N2O2S/c13-12(14,15)8-5-20-10(17-8)9-6(4-16)2-1-3-7(9)11(18)19/h1-3,5H,(H,18,19). The van der Waals surface area contributed by atoms with Crippen LogP contribution in [0.2, 0.25) is 0 Å². The molecule has 2 rings (SSSR count). The lowest BCUT2D eigenvalue weighted by molar-refractivity contribution is -0.140. The van der Waals surface area contributed by atoms with E-state index in [1.807, 2.05) is 0 Å². The van der Waals surface area contributed by atoms with Gasteiger partial charge in [-0.05, 0) is 12.1 Å². The van der Waals surface area contributed by atoms with Gasteiger partial charge in [0.1, 0.15) is 5.01 Å². The van der Waals surface area contributed by atoms with E-state index in [2.05, 4.69) is 4.98 Å². The lowest BCUT2D eigenvalue weighted by Crippen LogP contribution is -2.06. The Balaban J connectivity index is 2.66. The largest absolute Gasteiger partial charge is 0.478 e. The number of hydrogen-bond donors (Lipinski definition) is 1. The summed E-state index contributed by atoms with van der Waals surface area (Å²) < 4.78 is 37.6. The molecule has 102 valence electrons. The summed E-state index contributed by atoms with van der Waals surface area (Å²) in [4.78, 5) is 14.5. The summed E-state index contributed by atoms with van der Waals surface area (Å²) in [6.07, 6.45) is -4.61. The van der Waals surface area contributed by atoms with E-state index in [4.69, 9.17) is 10.4 Å². The predicted octanol–water partition coefficient (Wildman–Crippen LogP) is 3.40. The molecule has 0 aliphatic rings. The average molecular weight is 298 g/mol. The van der Waals surface area contributed by atoms with Crippen molar-refractivity contribution in [1.82, 2.24) is 4.98 Å². The van der Waals surface area contributed by atoms with Crippen LogP contribution in [0.25, 0.3) is 10.6 Å². The van der Waals surface area contributed by atoms with Gasteiger partial charge in [-0.2, -0.15) is 18.4 Å². The van der Waals surface area contributed by atoms with Crippen molar-refractivity contribution in [2.24, 2.45) is 0 Å². The molecule has 0 fully saturated rings. The van der Waals surface area contributed by atoms with Crippen LogP contribution in [0, 0.1) is 11.3 Å². The lowest BCUT2D eigenvalue weighted by Gasteiger charge is -2.05. The number of aromatic nitrogens is 1. The third-order valence-electron chi connectivity index (χ3n) is 2.42. The second-order valence-electron chi connectivity index (χ2n) is 3.68. The number of alkyl halides is 3. The zero-order valence-electron chi connectivity index (χ0n) is 9.60. The molecule has 0 radical (unpaired) electrons. The number of rotatable bonds is 2. The second kappa shape index (κ2) is 4.94. The Morgan fingerprint density at radius 2 is 2.10 bits per heavy atom. The number of aromatic carboxylic acids is 1. The van der Waals surface area contributed by atoms with Crippen molar-refractivity contribution in [3.63, 3.8) is 0 Å². The average Bonchev–Trinajstić information content (AvgIpc) is 2.86. The number of thiazole rings is 1. The summed E-state index contributed by atoms with van der Waals surface area (Å²) in [6, 6.07) is 5.66. The molecule has 8 heteroatoms. The number of carboxylic acids is 1. The summed E-state index contributed by atoms with van der Waals surface area (Å²) in [7, 11) is 0. The van der Waals surface area contributed by atoms with E-state index in [1.165, 1.54) is 18.2 Å². The van der Waals surface area contributed by atoms with E-state index in [-0.39, 0.29) is 21.7 Å². The fourth-order valence-electron chi connectivity index (χ4n) is 1.57. The van der Waals surface area contributed by atoms with Gasteiger partial charge in [0.15, 0.2) is 5.69 Å². The molecule has 4 nitrogen and oxygen atoms in total. The Kier molecular flexibility index (Phi) is 3.46. The van der Waals surface area contributed by atoms with E-state index in [1.54, 1.807) is 6.07 Å². The van der Waals surface area contributed by atoms with Crippen LogP contribution in [0.1, 0.15) is 21.6 Å². The van der Waals surface area contributed by atoms with Gasteiger partial charge in [-0.1, -0.05) is 6.07 Å². The molecule has 0 spiro atoms. The third-order valence-corrected chi connectivity index (χ3v) is 3.28. The van der Waals surface area contributed by atoms with Crippen molar-refractivity contribution >= 4 is 17.3 Å². The van der Waals surface area contributed by atoms with E-state index in [9.17, 15) is 18.0 Å². The number of carboxylic acid groups (broad SMARTS) is 1. The first-order chi connectivity index (χ1) is 9.34. The molecule has 0 saturated heterocycles. The van der Waals surface area contributed by atoms with Crippen molar-refractivity contribution < 1.29 is 23.1 Å². The zero-order chi connectivity index (χ0) is 14.9. The van der Waals surface area contributed by atoms with E-state index in [0.29, 0.717) is 11.3 Å². The van der Waals surface area contributed by atoms with Crippen LogP contribution in [0.15, 0.2) is 23.6 Å². The highest BCUT2D eigenvalue weighted by molar-refractivity contribution is 7.13. The van der Waals surface area contributed by atoms with Crippen LogP contribution in [-0.4, -0.2) is 16.1 Å². The van der Waals surface area contributed by atoms with E-state index < -0.39 is 17.8 Å². The van der Waals surface area contributed by atoms with E-state index in [0.717, 1.165) is 5.38 Å². The number of benzene rings is 1. The summed E-state index contributed by atoms with van der Waals surface area (Å²) in [5.74, 6) is -1.33. The summed E-state index contributed by atoms with van der Waals surface area (Å²) in [5, 5.41) is 18.7. The molecule has 0 bridgehead atoms. The maximum atomic E-state index is 12.5. The van der Waals surface area contributed by atoms with Gasteiger partial charge in [-0.15, -0.1) is 11.3 Å². The summed E-state index contributed by atoms with van der Waals surface area (Å²) in [6.45, 7) is 0. The van der Waals surface area contributed by atoms with Crippen molar-refractivity contribution in [2.75, 3.05) is 0 Å². The molecular formula is C12H5F3N2O2S. The van der Waals surface area contributed by atoms with Crippen LogP contribution >= 0.6 is 11.3 Å². The van der Waals surface area contributed by atoms with Gasteiger partial charge in [0.05, 0.1) is 17.2 Å². The number of carbonyl (C=O) groups is 1. The Hall–Kier alpha value is -2.40. The van der Waals surface area contributed by atoms with E-state index >= 15 is 0 Å².